The van der Waals surface area contributed by atoms with Crippen LogP contribution in [-0.2, 0) is 23.9 Å². The van der Waals surface area contributed by atoms with Gasteiger partial charge in [-0.05, 0) is 44.5 Å². The lowest BCUT2D eigenvalue weighted by Crippen LogP contribution is -2.50. The topological polar surface area (TPSA) is 146 Å². The molecule has 0 radical (unpaired) electrons. The molecule has 2 N–H and O–H groups in total. The Hall–Kier alpha value is -4.83. The van der Waals surface area contributed by atoms with Crippen molar-refractivity contribution in [3.05, 3.63) is 73.4 Å². The number of thiophene rings is 1. The summed E-state index contributed by atoms with van der Waals surface area (Å²) in [4.78, 5) is 62.9. The third-order valence-corrected chi connectivity index (χ3v) is 9.30. The Bertz CT molecular complexity index is 2160. The van der Waals surface area contributed by atoms with Gasteiger partial charge in [-0.15, -0.1) is 11.3 Å². The molecule has 48 heavy (non-hydrogen) atoms. The zero-order chi connectivity index (χ0) is 34.5. The Morgan fingerprint density at radius 3 is 2.48 bits per heavy atom. The molecule has 0 unspecified atom stereocenters. The molecule has 17 heteroatoms. The van der Waals surface area contributed by atoms with E-state index in [0.717, 1.165) is 23.1 Å². The molecule has 6 rings (SSSR count). The summed E-state index contributed by atoms with van der Waals surface area (Å²) in [6, 6.07) is 4.46. The number of anilines is 2. The zero-order valence-electron chi connectivity index (χ0n) is 25.9. The van der Waals surface area contributed by atoms with E-state index in [-0.39, 0.29) is 77.2 Å². The predicted octanol–water partition coefficient (Wildman–Crippen LogP) is 4.95. The van der Waals surface area contributed by atoms with Crippen LogP contribution in [0, 0.1) is 13.8 Å². The predicted molar refractivity (Wildman–Crippen MR) is 175 cm³/mol. The second-order valence-corrected chi connectivity index (χ2v) is 12.8. The minimum atomic E-state index is -4.60. The molecule has 0 aliphatic carbocycles. The minimum absolute atomic E-state index is 0.00801. The summed E-state index contributed by atoms with van der Waals surface area (Å²) >= 11 is 7.48. The van der Waals surface area contributed by atoms with Gasteiger partial charge in [0.05, 0.1) is 22.0 Å². The maximum absolute atomic E-state index is 14.2. The lowest BCUT2D eigenvalue weighted by Gasteiger charge is -2.37. The fraction of sp³-hybridized carbons (Fsp3) is 0.323. The molecule has 0 atom stereocenters. The Labute approximate surface area is 279 Å². The molecule has 250 valence electrons. The van der Waals surface area contributed by atoms with Crippen LogP contribution < -0.4 is 15.6 Å². The number of carbonyl (C=O) groups excluding carboxylic acids is 2. The number of aromatic hydroxyl groups is 1. The summed E-state index contributed by atoms with van der Waals surface area (Å²) in [5, 5.41) is 12.6. The number of alkyl halides is 3. The average molecular weight is 701 g/mol. The number of rotatable bonds is 6. The first-order chi connectivity index (χ1) is 22.8. The van der Waals surface area contributed by atoms with Crippen molar-refractivity contribution in [2.45, 2.75) is 39.9 Å². The summed E-state index contributed by atoms with van der Waals surface area (Å²) < 4.78 is 41.1. The first-order valence-electron chi connectivity index (χ1n) is 14.8. The van der Waals surface area contributed by atoms with Crippen molar-refractivity contribution in [1.29, 1.82) is 0 Å². The van der Waals surface area contributed by atoms with Crippen LogP contribution in [-0.4, -0.2) is 72.5 Å². The third kappa shape index (κ3) is 6.12. The number of halogens is 4. The minimum Gasteiger partial charge on any atom is -0.504 e. The number of fused-ring (bicyclic) bond motifs is 2. The summed E-state index contributed by atoms with van der Waals surface area (Å²) in [6.07, 6.45) is -3.09. The van der Waals surface area contributed by atoms with Crippen LogP contribution in [0.15, 0.2) is 35.4 Å². The highest BCUT2D eigenvalue weighted by Gasteiger charge is 2.32. The zero-order valence-corrected chi connectivity index (χ0v) is 27.4. The largest absolute Gasteiger partial charge is 0.504 e. The molecule has 0 saturated carbocycles. The molecule has 1 aromatic carbocycles. The number of aromatic nitrogens is 5. The van der Waals surface area contributed by atoms with Gasteiger partial charge in [0.2, 0.25) is 11.3 Å². The van der Waals surface area contributed by atoms with Crippen molar-refractivity contribution >= 4 is 67.6 Å². The van der Waals surface area contributed by atoms with Gasteiger partial charge in [-0.25, -0.2) is 19.9 Å². The van der Waals surface area contributed by atoms with Crippen molar-refractivity contribution in [3.8, 4) is 5.75 Å². The SMILES string of the molecule is CCc1c(N2CCN(C(=O)c3ncnc(C)c3O)CC2)c(=O)c2nc3cc(C)sc3nc2n1CC(=O)Nc1ccc(C(F)(F)F)cc1Cl. The van der Waals surface area contributed by atoms with Crippen molar-refractivity contribution in [2.24, 2.45) is 0 Å². The standard InChI is InChI=1S/C31H28ClF3N8O4S/c1-4-21-25(41-7-9-42(10-8-41)30(47)24-26(45)16(3)36-14-37-24)27(46)23-28(40-29-20(39-23)11-15(2)48-29)43(21)13-22(44)38-19-6-5-17(12-18(19)32)31(33,34)35/h5-6,11-12,14,45H,4,7-10,13H2,1-3H3,(H,38,44). The van der Waals surface area contributed by atoms with Crippen LogP contribution in [0.1, 0.15) is 39.2 Å². The van der Waals surface area contributed by atoms with E-state index in [1.54, 1.807) is 11.5 Å². The van der Waals surface area contributed by atoms with Gasteiger partial charge in [0.1, 0.15) is 28.9 Å². The number of piperazine rings is 1. The molecule has 0 spiro atoms. The second-order valence-electron chi connectivity index (χ2n) is 11.2. The molecule has 4 aromatic heterocycles. The highest BCUT2D eigenvalue weighted by atomic mass is 35.5. The average Bonchev–Trinajstić information content (AvgIpc) is 3.42. The van der Waals surface area contributed by atoms with Gasteiger partial charge in [0.25, 0.3) is 5.91 Å². The van der Waals surface area contributed by atoms with Crippen molar-refractivity contribution in [1.82, 2.24) is 29.4 Å². The van der Waals surface area contributed by atoms with E-state index < -0.39 is 23.6 Å². The highest BCUT2D eigenvalue weighted by molar-refractivity contribution is 7.18. The van der Waals surface area contributed by atoms with Crippen LogP contribution in [0.2, 0.25) is 5.02 Å². The fourth-order valence-electron chi connectivity index (χ4n) is 5.69. The maximum Gasteiger partial charge on any atom is 0.416 e. The third-order valence-electron chi connectivity index (χ3n) is 8.05. The van der Waals surface area contributed by atoms with Crippen LogP contribution in [0.4, 0.5) is 24.5 Å². The van der Waals surface area contributed by atoms with Gasteiger partial charge in [-0.3, -0.25) is 14.4 Å². The normalized spacial score (nSPS) is 13.8. The molecule has 1 aliphatic rings. The van der Waals surface area contributed by atoms with Gasteiger partial charge in [0, 0.05) is 36.8 Å². The van der Waals surface area contributed by atoms with Crippen LogP contribution in [0.5, 0.6) is 5.75 Å². The molecule has 12 nitrogen and oxygen atoms in total. The molecule has 1 saturated heterocycles. The van der Waals surface area contributed by atoms with Crippen LogP contribution >= 0.6 is 22.9 Å². The summed E-state index contributed by atoms with van der Waals surface area (Å²) in [5.74, 6) is -1.37. The Balaban J connectivity index is 1.37. The number of hydrogen-bond donors (Lipinski definition) is 2. The summed E-state index contributed by atoms with van der Waals surface area (Å²) in [5.41, 5.74) is 0.384. The van der Waals surface area contributed by atoms with E-state index in [1.165, 1.54) is 22.6 Å². The van der Waals surface area contributed by atoms with E-state index in [9.17, 15) is 32.7 Å². The van der Waals surface area contributed by atoms with Gasteiger partial charge >= 0.3 is 6.18 Å². The first-order valence-corrected chi connectivity index (χ1v) is 16.0. The smallest absolute Gasteiger partial charge is 0.416 e. The molecular formula is C31H28ClF3N8O4S. The van der Waals surface area contributed by atoms with Crippen LogP contribution in [0.3, 0.4) is 0 Å². The Morgan fingerprint density at radius 1 is 1.08 bits per heavy atom. The number of pyridine rings is 1. The number of benzene rings is 1. The Morgan fingerprint density at radius 2 is 1.81 bits per heavy atom. The van der Waals surface area contributed by atoms with Gasteiger partial charge in [-0.2, -0.15) is 13.2 Å². The maximum atomic E-state index is 14.2. The van der Waals surface area contributed by atoms with Crippen molar-refractivity contribution in [2.75, 3.05) is 36.4 Å². The number of carbonyl (C=O) groups is 2. The molecule has 2 amide bonds. The summed E-state index contributed by atoms with van der Waals surface area (Å²) in [6.45, 7) is 5.86. The van der Waals surface area contributed by atoms with E-state index in [1.807, 2.05) is 24.8 Å². The lowest BCUT2D eigenvalue weighted by molar-refractivity contribution is -0.137. The van der Waals surface area contributed by atoms with Gasteiger partial charge in [0.15, 0.2) is 22.6 Å². The molecule has 0 bridgehead atoms. The molecule has 5 heterocycles. The van der Waals surface area contributed by atoms with Crippen molar-refractivity contribution < 1.29 is 27.9 Å². The van der Waals surface area contributed by atoms with Crippen LogP contribution in [0.25, 0.3) is 21.5 Å². The number of amides is 2. The number of nitrogens with one attached hydrogen (secondary N) is 1. The second kappa shape index (κ2) is 12.6. The number of aryl methyl sites for hydroxylation is 2. The molecule has 1 aliphatic heterocycles. The molecule has 1 fully saturated rings. The van der Waals surface area contributed by atoms with E-state index in [4.69, 9.17) is 16.6 Å². The monoisotopic (exact) mass is 700 g/mol. The van der Waals surface area contributed by atoms with E-state index in [2.05, 4.69) is 20.3 Å². The highest BCUT2D eigenvalue weighted by Crippen LogP contribution is 2.34. The fourth-order valence-corrected chi connectivity index (χ4v) is 6.74. The van der Waals surface area contributed by atoms with Crippen molar-refractivity contribution in [3.63, 3.8) is 0 Å². The Kier molecular flexibility index (Phi) is 8.72. The molecular weight excluding hydrogens is 673 g/mol. The van der Waals surface area contributed by atoms with Gasteiger partial charge in [-0.1, -0.05) is 18.5 Å². The number of nitrogens with zero attached hydrogens (tertiary/aromatic N) is 7. The number of hydrogen-bond acceptors (Lipinski definition) is 10. The van der Waals surface area contributed by atoms with Gasteiger partial charge < -0.3 is 24.8 Å². The lowest BCUT2D eigenvalue weighted by atomic mass is 10.1. The molecule has 5 aromatic rings. The summed E-state index contributed by atoms with van der Waals surface area (Å²) in [7, 11) is 0. The first kappa shape index (κ1) is 33.1. The quantitative estimate of drug-likeness (QED) is 0.251. The van der Waals surface area contributed by atoms with E-state index >= 15 is 0 Å². The van der Waals surface area contributed by atoms with E-state index in [0.29, 0.717) is 28.1 Å².